The molecule has 2 rings (SSSR count). The van der Waals surface area contributed by atoms with Crippen LogP contribution in [0.4, 0.5) is 5.82 Å². The third-order valence-electron chi connectivity index (χ3n) is 3.70. The number of likely N-dealkylation sites (N-methyl/N-ethyl adjacent to an activating group) is 1. The fraction of sp³-hybridized carbons (Fsp3) is 0.714. The highest BCUT2D eigenvalue weighted by Crippen LogP contribution is 2.20. The van der Waals surface area contributed by atoms with Crippen LogP contribution in [0.25, 0.3) is 0 Å². The molecule has 1 aromatic heterocycles. The van der Waals surface area contributed by atoms with Crippen LogP contribution < -0.4 is 4.90 Å². The van der Waals surface area contributed by atoms with E-state index in [2.05, 4.69) is 51.5 Å². The van der Waals surface area contributed by atoms with Crippen molar-refractivity contribution in [2.75, 3.05) is 31.1 Å². The molecule has 0 aromatic carbocycles. The third kappa shape index (κ3) is 3.66. The molecule has 106 valence electrons. The van der Waals surface area contributed by atoms with Crippen molar-refractivity contribution in [3.05, 3.63) is 16.5 Å². The van der Waals surface area contributed by atoms with E-state index in [4.69, 9.17) is 4.98 Å². The maximum absolute atomic E-state index is 4.70. The standard InChI is InChI=1S/C14H23BrN4/c1-4-6-13-16-12(15)9-14(17-13)19-8-7-18(5-2)11(3)10-19/h9,11H,4-8,10H2,1-3H3. The highest BCUT2D eigenvalue weighted by Gasteiger charge is 2.23. The fourth-order valence-corrected chi connectivity index (χ4v) is 3.03. The van der Waals surface area contributed by atoms with Gasteiger partial charge in [-0.05, 0) is 35.8 Å². The first-order valence-corrected chi connectivity index (χ1v) is 7.95. The number of halogens is 1. The molecule has 2 heterocycles. The maximum Gasteiger partial charge on any atom is 0.133 e. The molecule has 0 bridgehead atoms. The maximum atomic E-state index is 4.70. The summed E-state index contributed by atoms with van der Waals surface area (Å²) >= 11 is 3.50. The van der Waals surface area contributed by atoms with Crippen molar-refractivity contribution in [1.82, 2.24) is 14.9 Å². The van der Waals surface area contributed by atoms with E-state index in [-0.39, 0.29) is 0 Å². The van der Waals surface area contributed by atoms with Crippen LogP contribution >= 0.6 is 15.9 Å². The number of aryl methyl sites for hydroxylation is 1. The minimum atomic E-state index is 0.585. The number of aromatic nitrogens is 2. The second kappa shape index (κ2) is 6.66. The van der Waals surface area contributed by atoms with Gasteiger partial charge in [-0.25, -0.2) is 9.97 Å². The Morgan fingerprint density at radius 1 is 1.32 bits per heavy atom. The van der Waals surface area contributed by atoms with Crippen molar-refractivity contribution >= 4 is 21.7 Å². The second-order valence-corrected chi connectivity index (χ2v) is 5.95. The third-order valence-corrected chi connectivity index (χ3v) is 4.10. The number of nitrogens with zero attached hydrogens (tertiary/aromatic N) is 4. The van der Waals surface area contributed by atoms with Crippen molar-refractivity contribution < 1.29 is 0 Å². The molecule has 1 atom stereocenters. The van der Waals surface area contributed by atoms with Gasteiger partial charge in [0.25, 0.3) is 0 Å². The number of hydrogen-bond acceptors (Lipinski definition) is 4. The normalized spacial score (nSPS) is 20.8. The lowest BCUT2D eigenvalue weighted by molar-refractivity contribution is 0.199. The van der Waals surface area contributed by atoms with E-state index in [1.807, 2.05) is 6.07 Å². The lowest BCUT2D eigenvalue weighted by Crippen LogP contribution is -2.52. The topological polar surface area (TPSA) is 32.3 Å². The Bertz CT molecular complexity index is 424. The monoisotopic (exact) mass is 326 g/mol. The predicted molar refractivity (Wildman–Crippen MR) is 82.6 cm³/mol. The average Bonchev–Trinajstić information content (AvgIpc) is 2.38. The van der Waals surface area contributed by atoms with Crippen molar-refractivity contribution in [2.45, 2.75) is 39.7 Å². The first-order chi connectivity index (χ1) is 9.13. The molecule has 0 saturated carbocycles. The minimum absolute atomic E-state index is 0.585. The number of rotatable bonds is 4. The summed E-state index contributed by atoms with van der Waals surface area (Å²) in [5.41, 5.74) is 0. The van der Waals surface area contributed by atoms with Gasteiger partial charge in [-0.15, -0.1) is 0 Å². The number of anilines is 1. The van der Waals surface area contributed by atoms with Crippen LogP contribution in [-0.4, -0.2) is 47.1 Å². The van der Waals surface area contributed by atoms with Crippen molar-refractivity contribution in [2.24, 2.45) is 0 Å². The lowest BCUT2D eigenvalue weighted by atomic mass is 10.2. The summed E-state index contributed by atoms with van der Waals surface area (Å²) in [4.78, 5) is 14.0. The molecule has 1 aliphatic rings. The van der Waals surface area contributed by atoms with E-state index in [9.17, 15) is 0 Å². The second-order valence-electron chi connectivity index (χ2n) is 5.14. The predicted octanol–water partition coefficient (Wildman–Crippen LogP) is 2.72. The summed E-state index contributed by atoms with van der Waals surface area (Å²) in [6.45, 7) is 11.0. The molecule has 0 spiro atoms. The van der Waals surface area contributed by atoms with Gasteiger partial charge in [0.2, 0.25) is 0 Å². The highest BCUT2D eigenvalue weighted by molar-refractivity contribution is 9.10. The van der Waals surface area contributed by atoms with Gasteiger partial charge in [0, 0.05) is 38.2 Å². The van der Waals surface area contributed by atoms with E-state index in [1.165, 1.54) is 0 Å². The molecule has 4 nitrogen and oxygen atoms in total. The zero-order chi connectivity index (χ0) is 13.8. The van der Waals surface area contributed by atoms with Crippen LogP contribution in [0.5, 0.6) is 0 Å². The van der Waals surface area contributed by atoms with Crippen LogP contribution in [0, 0.1) is 0 Å². The Kier molecular flexibility index (Phi) is 5.16. The van der Waals surface area contributed by atoms with Crippen molar-refractivity contribution in [1.29, 1.82) is 0 Å². The van der Waals surface area contributed by atoms with Gasteiger partial charge in [-0.3, -0.25) is 4.90 Å². The molecule has 1 aliphatic heterocycles. The van der Waals surface area contributed by atoms with E-state index < -0.39 is 0 Å². The van der Waals surface area contributed by atoms with Crippen LogP contribution in [-0.2, 0) is 6.42 Å². The first kappa shape index (κ1) is 14.7. The molecule has 19 heavy (non-hydrogen) atoms. The van der Waals surface area contributed by atoms with Crippen LogP contribution in [0.2, 0.25) is 0 Å². The SMILES string of the molecule is CCCc1nc(Br)cc(N2CCN(CC)C(C)C2)n1. The smallest absolute Gasteiger partial charge is 0.133 e. The zero-order valence-electron chi connectivity index (χ0n) is 12.1. The van der Waals surface area contributed by atoms with Crippen LogP contribution in [0.15, 0.2) is 10.7 Å². The Morgan fingerprint density at radius 3 is 2.74 bits per heavy atom. The van der Waals surface area contributed by atoms with Crippen LogP contribution in [0.3, 0.4) is 0 Å². The Hall–Kier alpha value is -0.680. The highest BCUT2D eigenvalue weighted by atomic mass is 79.9. The molecule has 1 saturated heterocycles. The van der Waals surface area contributed by atoms with Gasteiger partial charge in [-0.2, -0.15) is 0 Å². The van der Waals surface area contributed by atoms with Crippen molar-refractivity contribution in [3.63, 3.8) is 0 Å². The molecular formula is C14H23BrN4. The average molecular weight is 327 g/mol. The Labute approximate surface area is 124 Å². The van der Waals surface area contributed by atoms with E-state index >= 15 is 0 Å². The largest absolute Gasteiger partial charge is 0.354 e. The first-order valence-electron chi connectivity index (χ1n) is 7.16. The van der Waals surface area contributed by atoms with Gasteiger partial charge >= 0.3 is 0 Å². The summed E-state index contributed by atoms with van der Waals surface area (Å²) in [5, 5.41) is 0. The summed E-state index contributed by atoms with van der Waals surface area (Å²) in [7, 11) is 0. The van der Waals surface area contributed by atoms with Gasteiger partial charge in [-0.1, -0.05) is 13.8 Å². The fourth-order valence-electron chi connectivity index (χ4n) is 2.62. The molecule has 1 unspecified atom stereocenters. The molecular weight excluding hydrogens is 304 g/mol. The van der Waals surface area contributed by atoms with E-state index in [0.29, 0.717) is 6.04 Å². The molecule has 0 N–H and O–H groups in total. The molecule has 1 aromatic rings. The van der Waals surface area contributed by atoms with Crippen LogP contribution in [0.1, 0.15) is 33.0 Å². The Balaban J connectivity index is 2.13. The summed E-state index contributed by atoms with van der Waals surface area (Å²) in [6, 6.07) is 2.62. The van der Waals surface area contributed by atoms with Gasteiger partial charge in [0.1, 0.15) is 16.2 Å². The number of piperazine rings is 1. The van der Waals surface area contributed by atoms with Gasteiger partial charge < -0.3 is 4.90 Å². The molecule has 5 heteroatoms. The number of hydrogen-bond donors (Lipinski definition) is 0. The quantitative estimate of drug-likeness (QED) is 0.796. The lowest BCUT2D eigenvalue weighted by Gasteiger charge is -2.40. The summed E-state index contributed by atoms with van der Waals surface area (Å²) < 4.78 is 0.895. The van der Waals surface area contributed by atoms with Gasteiger partial charge in [0.15, 0.2) is 0 Å². The minimum Gasteiger partial charge on any atom is -0.354 e. The molecule has 0 radical (unpaired) electrons. The zero-order valence-corrected chi connectivity index (χ0v) is 13.7. The molecule has 1 fully saturated rings. The van der Waals surface area contributed by atoms with Gasteiger partial charge in [0.05, 0.1) is 0 Å². The Morgan fingerprint density at radius 2 is 2.11 bits per heavy atom. The van der Waals surface area contributed by atoms with E-state index in [0.717, 1.165) is 55.3 Å². The summed E-state index contributed by atoms with van der Waals surface area (Å²) in [6.07, 6.45) is 2.02. The molecule has 0 aliphatic carbocycles. The van der Waals surface area contributed by atoms with Crippen molar-refractivity contribution in [3.8, 4) is 0 Å². The van der Waals surface area contributed by atoms with E-state index in [1.54, 1.807) is 0 Å². The summed E-state index contributed by atoms with van der Waals surface area (Å²) in [5.74, 6) is 2.00. The molecule has 0 amide bonds.